The van der Waals surface area contributed by atoms with Crippen LogP contribution in [-0.4, -0.2) is 33.2 Å². The molecule has 0 bridgehead atoms. The Morgan fingerprint density at radius 3 is 2.63 bits per heavy atom. The van der Waals surface area contributed by atoms with Crippen LogP contribution in [0.5, 0.6) is 0 Å². The van der Waals surface area contributed by atoms with E-state index in [0.29, 0.717) is 5.82 Å². The van der Waals surface area contributed by atoms with Gasteiger partial charge in [0.25, 0.3) is 0 Å². The van der Waals surface area contributed by atoms with Crippen molar-refractivity contribution in [3.05, 3.63) is 18.3 Å². The number of nitrogens with zero attached hydrogens (tertiary/aromatic N) is 1. The fraction of sp³-hybridized carbons (Fsp3) is 0.500. The fourth-order valence-corrected chi connectivity index (χ4v) is 2.38. The average Bonchev–Trinajstić information content (AvgIpc) is 2.34. The van der Waals surface area contributed by atoms with Crippen molar-refractivity contribution in [3.63, 3.8) is 0 Å². The normalized spacial score (nSPS) is 12.4. The number of aromatic nitrogens is 1. The first-order valence-electron chi connectivity index (χ1n) is 5.45. The lowest BCUT2D eigenvalue weighted by Crippen LogP contribution is -2.26. The summed E-state index contributed by atoms with van der Waals surface area (Å²) in [6, 6.07) is 2.57. The van der Waals surface area contributed by atoms with Gasteiger partial charge in [-0.2, -0.15) is 13.2 Å². The Hall–Kier alpha value is -1.35. The Kier molecular flexibility index (Phi) is 5.12. The SMILES string of the molecule is CNc1cc(S(=O)(=O)NCCCC(F)(F)F)ccn1. The van der Waals surface area contributed by atoms with Crippen LogP contribution in [0.1, 0.15) is 12.8 Å². The molecule has 2 N–H and O–H groups in total. The summed E-state index contributed by atoms with van der Waals surface area (Å²) in [5.74, 6) is 0.359. The van der Waals surface area contributed by atoms with Crippen LogP contribution in [0.25, 0.3) is 0 Å². The number of nitrogens with one attached hydrogen (secondary N) is 2. The minimum absolute atomic E-state index is 0.0427. The quantitative estimate of drug-likeness (QED) is 0.785. The van der Waals surface area contributed by atoms with E-state index in [1.54, 1.807) is 7.05 Å². The molecule has 1 aromatic heterocycles. The van der Waals surface area contributed by atoms with E-state index < -0.39 is 22.6 Å². The van der Waals surface area contributed by atoms with Gasteiger partial charge in [0.2, 0.25) is 10.0 Å². The molecular formula is C10H14F3N3O2S. The zero-order valence-corrected chi connectivity index (χ0v) is 11.0. The molecule has 0 saturated carbocycles. The van der Waals surface area contributed by atoms with Crippen molar-refractivity contribution < 1.29 is 21.6 Å². The summed E-state index contributed by atoms with van der Waals surface area (Å²) in [6.45, 7) is -0.265. The van der Waals surface area contributed by atoms with E-state index in [4.69, 9.17) is 0 Å². The highest BCUT2D eigenvalue weighted by molar-refractivity contribution is 7.89. The standard InChI is InChI=1S/C10H14F3N3O2S/c1-14-9-7-8(3-6-15-9)19(17,18)16-5-2-4-10(11,12)13/h3,6-7,16H,2,4-5H2,1H3,(H,14,15). The van der Waals surface area contributed by atoms with E-state index in [9.17, 15) is 21.6 Å². The Balaban J connectivity index is 2.61. The zero-order chi connectivity index (χ0) is 14.5. The number of rotatable bonds is 6. The minimum Gasteiger partial charge on any atom is -0.373 e. The summed E-state index contributed by atoms with van der Waals surface area (Å²) >= 11 is 0. The van der Waals surface area contributed by atoms with Crippen LogP contribution in [0.15, 0.2) is 23.2 Å². The molecule has 9 heteroatoms. The molecule has 0 aliphatic heterocycles. The summed E-state index contributed by atoms with van der Waals surface area (Å²) in [4.78, 5) is 3.81. The zero-order valence-electron chi connectivity index (χ0n) is 10.2. The highest BCUT2D eigenvalue weighted by atomic mass is 32.2. The van der Waals surface area contributed by atoms with Gasteiger partial charge >= 0.3 is 6.18 Å². The third-order valence-corrected chi connectivity index (χ3v) is 3.69. The number of halogens is 3. The molecule has 19 heavy (non-hydrogen) atoms. The second kappa shape index (κ2) is 6.20. The van der Waals surface area contributed by atoms with Gasteiger partial charge in [-0.3, -0.25) is 0 Å². The van der Waals surface area contributed by atoms with E-state index in [0.717, 1.165) is 0 Å². The number of alkyl halides is 3. The molecule has 0 fully saturated rings. The molecule has 108 valence electrons. The molecule has 1 aromatic rings. The molecule has 5 nitrogen and oxygen atoms in total. The predicted octanol–water partition coefficient (Wildman–Crippen LogP) is 1.74. The third kappa shape index (κ3) is 5.43. The summed E-state index contributed by atoms with van der Waals surface area (Å²) in [5.41, 5.74) is 0. The van der Waals surface area contributed by atoms with Gasteiger partial charge in [0.1, 0.15) is 5.82 Å². The lowest BCUT2D eigenvalue weighted by molar-refractivity contribution is -0.135. The first-order chi connectivity index (χ1) is 8.74. The lowest BCUT2D eigenvalue weighted by atomic mass is 10.3. The van der Waals surface area contributed by atoms with Crippen LogP contribution >= 0.6 is 0 Å². The van der Waals surface area contributed by atoms with Crippen LogP contribution in [0.4, 0.5) is 19.0 Å². The average molecular weight is 297 g/mol. The van der Waals surface area contributed by atoms with Crippen molar-refractivity contribution in [2.75, 3.05) is 18.9 Å². The van der Waals surface area contributed by atoms with E-state index in [1.165, 1.54) is 18.3 Å². The monoisotopic (exact) mass is 297 g/mol. The summed E-state index contributed by atoms with van der Waals surface area (Å²) in [6.07, 6.45) is -4.29. The van der Waals surface area contributed by atoms with Crippen LogP contribution in [0.2, 0.25) is 0 Å². The van der Waals surface area contributed by atoms with Crippen molar-refractivity contribution in [1.82, 2.24) is 9.71 Å². The van der Waals surface area contributed by atoms with Gasteiger partial charge in [-0.05, 0) is 12.5 Å². The van der Waals surface area contributed by atoms with Crippen LogP contribution in [-0.2, 0) is 10.0 Å². The maximum Gasteiger partial charge on any atom is 0.389 e. The van der Waals surface area contributed by atoms with Gasteiger partial charge in [0.15, 0.2) is 0 Å². The second-order valence-corrected chi connectivity index (χ2v) is 5.51. The predicted molar refractivity (Wildman–Crippen MR) is 64.3 cm³/mol. The van der Waals surface area contributed by atoms with Gasteiger partial charge in [-0.25, -0.2) is 18.1 Å². The number of hydrogen-bond acceptors (Lipinski definition) is 4. The van der Waals surface area contributed by atoms with E-state index in [-0.39, 0.29) is 17.9 Å². The Morgan fingerprint density at radius 2 is 2.05 bits per heavy atom. The van der Waals surface area contributed by atoms with Crippen LogP contribution in [0, 0.1) is 0 Å². The molecule has 0 atom stereocenters. The molecule has 0 spiro atoms. The Bertz CT molecular complexity index is 517. The van der Waals surface area contributed by atoms with Crippen LogP contribution in [0.3, 0.4) is 0 Å². The maximum atomic E-state index is 11.9. The highest BCUT2D eigenvalue weighted by Gasteiger charge is 2.26. The molecule has 1 heterocycles. The van der Waals surface area contributed by atoms with Crippen molar-refractivity contribution in [1.29, 1.82) is 0 Å². The van der Waals surface area contributed by atoms with Gasteiger partial charge in [0, 0.05) is 32.3 Å². The van der Waals surface area contributed by atoms with Crippen molar-refractivity contribution in [2.45, 2.75) is 23.9 Å². The number of pyridine rings is 1. The largest absolute Gasteiger partial charge is 0.389 e. The molecule has 0 amide bonds. The van der Waals surface area contributed by atoms with Crippen molar-refractivity contribution >= 4 is 15.8 Å². The molecular weight excluding hydrogens is 283 g/mol. The molecule has 0 aliphatic carbocycles. The highest BCUT2D eigenvalue weighted by Crippen LogP contribution is 2.21. The minimum atomic E-state index is -4.28. The van der Waals surface area contributed by atoms with E-state index in [2.05, 4.69) is 15.0 Å². The first-order valence-corrected chi connectivity index (χ1v) is 6.93. The van der Waals surface area contributed by atoms with Gasteiger partial charge < -0.3 is 5.32 Å². The van der Waals surface area contributed by atoms with Gasteiger partial charge in [-0.1, -0.05) is 0 Å². The van der Waals surface area contributed by atoms with Gasteiger partial charge in [-0.15, -0.1) is 0 Å². The fourth-order valence-electron chi connectivity index (χ4n) is 1.29. The molecule has 0 radical (unpaired) electrons. The molecule has 0 saturated heterocycles. The van der Waals surface area contributed by atoms with E-state index in [1.807, 2.05) is 0 Å². The second-order valence-electron chi connectivity index (χ2n) is 3.74. The number of anilines is 1. The Morgan fingerprint density at radius 1 is 1.37 bits per heavy atom. The number of sulfonamides is 1. The van der Waals surface area contributed by atoms with Gasteiger partial charge in [0.05, 0.1) is 4.90 Å². The number of hydrogen-bond donors (Lipinski definition) is 2. The molecule has 1 rings (SSSR count). The molecule has 0 unspecified atom stereocenters. The summed E-state index contributed by atoms with van der Waals surface area (Å²) in [5, 5.41) is 2.67. The Labute approximate surface area is 109 Å². The maximum absolute atomic E-state index is 11.9. The van der Waals surface area contributed by atoms with Crippen molar-refractivity contribution in [2.24, 2.45) is 0 Å². The van der Waals surface area contributed by atoms with Crippen molar-refractivity contribution in [3.8, 4) is 0 Å². The molecule has 0 aromatic carbocycles. The lowest BCUT2D eigenvalue weighted by Gasteiger charge is -2.09. The summed E-state index contributed by atoms with van der Waals surface area (Å²) in [7, 11) is -2.23. The topological polar surface area (TPSA) is 71.1 Å². The smallest absolute Gasteiger partial charge is 0.373 e. The van der Waals surface area contributed by atoms with Crippen LogP contribution < -0.4 is 10.0 Å². The molecule has 0 aliphatic rings. The third-order valence-electron chi connectivity index (χ3n) is 2.23. The first kappa shape index (κ1) is 15.7. The summed E-state index contributed by atoms with van der Waals surface area (Å²) < 4.78 is 61.4. The van der Waals surface area contributed by atoms with E-state index >= 15 is 0 Å².